The molecule has 1 N–H and O–H groups in total. The van der Waals surface area contributed by atoms with Crippen LogP contribution in [0.3, 0.4) is 0 Å². The normalized spacial score (nSPS) is 10.9. The number of aromatic nitrogens is 1. The Kier molecular flexibility index (Phi) is 5.68. The zero-order valence-electron chi connectivity index (χ0n) is 13.7. The van der Waals surface area contributed by atoms with Gasteiger partial charge in [-0.15, -0.1) is 0 Å². The van der Waals surface area contributed by atoms with Gasteiger partial charge in [0.25, 0.3) is 0 Å². The van der Waals surface area contributed by atoms with E-state index in [1.165, 1.54) is 14.2 Å². The molecule has 1 heterocycles. The van der Waals surface area contributed by atoms with E-state index in [4.69, 9.17) is 0 Å². The fourth-order valence-corrected chi connectivity index (χ4v) is 2.09. The highest BCUT2D eigenvalue weighted by Crippen LogP contribution is 2.23. The summed E-state index contributed by atoms with van der Waals surface area (Å²) in [7, 11) is 2.47. The maximum absolute atomic E-state index is 11.7. The number of methoxy groups -OCH3 is 2. The standard InChI is InChI=1S/C18H18N2O4/c1-12-5-4-10-19-17(12)13-6-8-14(9-7-13)20-15(18(22)24-3)11-16(21)23-2/h4-11,20H,1-3H3/b15-11+. The summed E-state index contributed by atoms with van der Waals surface area (Å²) in [6, 6.07) is 11.2. The molecule has 0 aliphatic heterocycles. The van der Waals surface area contributed by atoms with Crippen molar-refractivity contribution in [2.24, 2.45) is 0 Å². The van der Waals surface area contributed by atoms with Gasteiger partial charge in [0.2, 0.25) is 0 Å². The Labute approximate surface area is 140 Å². The molecule has 1 aromatic heterocycles. The number of rotatable bonds is 5. The fraction of sp³-hybridized carbons (Fsp3) is 0.167. The van der Waals surface area contributed by atoms with E-state index >= 15 is 0 Å². The number of carbonyl (C=O) groups is 2. The van der Waals surface area contributed by atoms with Crippen LogP contribution in [0.5, 0.6) is 0 Å². The van der Waals surface area contributed by atoms with Crippen LogP contribution in [-0.4, -0.2) is 31.1 Å². The minimum atomic E-state index is -0.662. The molecule has 0 spiro atoms. The number of nitrogens with one attached hydrogen (secondary N) is 1. The van der Waals surface area contributed by atoms with Crippen LogP contribution in [0.2, 0.25) is 0 Å². The smallest absolute Gasteiger partial charge is 0.354 e. The lowest BCUT2D eigenvalue weighted by atomic mass is 10.1. The Morgan fingerprint density at radius 2 is 1.79 bits per heavy atom. The van der Waals surface area contributed by atoms with Crippen molar-refractivity contribution in [2.45, 2.75) is 6.92 Å². The van der Waals surface area contributed by atoms with Gasteiger partial charge in [-0.1, -0.05) is 18.2 Å². The van der Waals surface area contributed by atoms with Gasteiger partial charge in [0.05, 0.1) is 26.0 Å². The Bertz CT molecular complexity index is 767. The molecule has 1 aromatic carbocycles. The number of hydrogen-bond acceptors (Lipinski definition) is 6. The third kappa shape index (κ3) is 4.19. The van der Waals surface area contributed by atoms with Crippen molar-refractivity contribution in [2.75, 3.05) is 19.5 Å². The molecule has 0 unspecified atom stereocenters. The lowest BCUT2D eigenvalue weighted by Gasteiger charge is -2.10. The number of ether oxygens (including phenoxy) is 2. The molecule has 0 saturated carbocycles. The number of pyridine rings is 1. The van der Waals surface area contributed by atoms with Crippen molar-refractivity contribution in [3.8, 4) is 11.3 Å². The summed E-state index contributed by atoms with van der Waals surface area (Å²) >= 11 is 0. The minimum absolute atomic E-state index is 0.00823. The van der Waals surface area contributed by atoms with Gasteiger partial charge in [-0.05, 0) is 30.7 Å². The zero-order valence-corrected chi connectivity index (χ0v) is 13.7. The molecule has 0 bridgehead atoms. The first kappa shape index (κ1) is 17.2. The number of carbonyl (C=O) groups excluding carboxylic acids is 2. The number of benzene rings is 1. The van der Waals surface area contributed by atoms with Crippen LogP contribution >= 0.6 is 0 Å². The average Bonchev–Trinajstić information content (AvgIpc) is 2.61. The Morgan fingerprint density at radius 3 is 2.38 bits per heavy atom. The number of anilines is 1. The molecular weight excluding hydrogens is 308 g/mol. The average molecular weight is 326 g/mol. The van der Waals surface area contributed by atoms with Gasteiger partial charge in [0.15, 0.2) is 0 Å². The molecule has 0 saturated heterocycles. The first-order chi connectivity index (χ1) is 11.5. The summed E-state index contributed by atoms with van der Waals surface area (Å²) in [4.78, 5) is 27.4. The summed E-state index contributed by atoms with van der Waals surface area (Å²) < 4.78 is 9.18. The van der Waals surface area contributed by atoms with E-state index in [0.717, 1.165) is 22.9 Å². The molecule has 0 amide bonds. The van der Waals surface area contributed by atoms with Crippen molar-refractivity contribution < 1.29 is 19.1 Å². The summed E-state index contributed by atoms with van der Waals surface area (Å²) in [5, 5.41) is 2.85. The molecule has 2 aromatic rings. The van der Waals surface area contributed by atoms with Gasteiger partial charge in [-0.2, -0.15) is 0 Å². The summed E-state index contributed by atoms with van der Waals surface area (Å²) in [5.41, 5.74) is 3.54. The highest BCUT2D eigenvalue weighted by molar-refractivity contribution is 5.98. The third-order valence-electron chi connectivity index (χ3n) is 3.32. The van der Waals surface area contributed by atoms with Gasteiger partial charge >= 0.3 is 11.9 Å². The van der Waals surface area contributed by atoms with Gasteiger partial charge < -0.3 is 14.8 Å². The first-order valence-corrected chi connectivity index (χ1v) is 7.22. The van der Waals surface area contributed by atoms with E-state index in [9.17, 15) is 9.59 Å². The van der Waals surface area contributed by atoms with E-state index in [-0.39, 0.29) is 5.70 Å². The predicted molar refractivity (Wildman–Crippen MR) is 90.1 cm³/mol. The largest absolute Gasteiger partial charge is 0.466 e. The van der Waals surface area contributed by atoms with Crippen LogP contribution in [0.25, 0.3) is 11.3 Å². The maximum atomic E-state index is 11.7. The maximum Gasteiger partial charge on any atom is 0.354 e. The first-order valence-electron chi connectivity index (χ1n) is 7.22. The molecule has 124 valence electrons. The van der Waals surface area contributed by atoms with E-state index in [1.54, 1.807) is 18.3 Å². The molecule has 0 aliphatic carbocycles. The van der Waals surface area contributed by atoms with Gasteiger partial charge in [0.1, 0.15) is 5.70 Å². The lowest BCUT2D eigenvalue weighted by Crippen LogP contribution is -2.15. The molecule has 0 aliphatic rings. The van der Waals surface area contributed by atoms with Crippen molar-refractivity contribution in [1.82, 2.24) is 4.98 Å². The molecule has 6 nitrogen and oxygen atoms in total. The van der Waals surface area contributed by atoms with Crippen LogP contribution in [0.1, 0.15) is 5.56 Å². The van der Waals surface area contributed by atoms with Crippen molar-refractivity contribution in [1.29, 1.82) is 0 Å². The Morgan fingerprint density at radius 1 is 1.08 bits per heavy atom. The topological polar surface area (TPSA) is 77.5 Å². The molecule has 2 rings (SSSR count). The molecule has 6 heteroatoms. The second kappa shape index (κ2) is 7.92. The van der Waals surface area contributed by atoms with Crippen LogP contribution in [0, 0.1) is 6.92 Å². The van der Waals surface area contributed by atoms with Crippen molar-refractivity contribution in [3.63, 3.8) is 0 Å². The van der Waals surface area contributed by atoms with E-state index in [1.807, 2.05) is 31.2 Å². The Hall–Kier alpha value is -3.15. The summed E-state index contributed by atoms with van der Waals surface area (Å²) in [5.74, 6) is -1.31. The Balaban J connectivity index is 2.23. The van der Waals surface area contributed by atoms with Crippen molar-refractivity contribution in [3.05, 3.63) is 59.9 Å². The number of hydrogen-bond donors (Lipinski definition) is 1. The van der Waals surface area contributed by atoms with E-state index < -0.39 is 11.9 Å². The molecule has 0 fully saturated rings. The third-order valence-corrected chi connectivity index (χ3v) is 3.32. The molecule has 0 atom stereocenters. The summed E-state index contributed by atoms with van der Waals surface area (Å²) in [6.07, 6.45) is 2.78. The van der Waals surface area contributed by atoms with Crippen LogP contribution in [0.4, 0.5) is 5.69 Å². The zero-order chi connectivity index (χ0) is 17.5. The molecule has 0 radical (unpaired) electrons. The SMILES string of the molecule is COC(=O)/C=C(/Nc1ccc(-c2ncccc2C)cc1)C(=O)OC. The monoisotopic (exact) mass is 326 g/mol. The number of esters is 2. The second-order valence-corrected chi connectivity index (χ2v) is 4.94. The van der Waals surface area contributed by atoms with Crippen molar-refractivity contribution >= 4 is 17.6 Å². The van der Waals surface area contributed by atoms with Gasteiger partial charge in [-0.3, -0.25) is 4.98 Å². The predicted octanol–water partition coefficient (Wildman–Crippen LogP) is 2.70. The van der Waals surface area contributed by atoms with E-state index in [2.05, 4.69) is 19.8 Å². The molecular formula is C18H18N2O4. The van der Waals surface area contributed by atoms with E-state index in [0.29, 0.717) is 5.69 Å². The van der Waals surface area contributed by atoms with Crippen LogP contribution in [0.15, 0.2) is 54.4 Å². The highest BCUT2D eigenvalue weighted by Gasteiger charge is 2.13. The van der Waals surface area contributed by atoms with Gasteiger partial charge in [0, 0.05) is 17.4 Å². The number of nitrogens with zero attached hydrogens (tertiary/aromatic N) is 1. The van der Waals surface area contributed by atoms with Gasteiger partial charge in [-0.25, -0.2) is 9.59 Å². The molecule has 24 heavy (non-hydrogen) atoms. The lowest BCUT2D eigenvalue weighted by molar-refractivity contribution is -0.138. The fourth-order valence-electron chi connectivity index (χ4n) is 2.09. The second-order valence-electron chi connectivity index (χ2n) is 4.94. The quantitative estimate of drug-likeness (QED) is 0.672. The highest BCUT2D eigenvalue weighted by atomic mass is 16.5. The van der Waals surface area contributed by atoms with Crippen LogP contribution in [-0.2, 0) is 19.1 Å². The summed E-state index contributed by atoms with van der Waals surface area (Å²) in [6.45, 7) is 1.99. The van der Waals surface area contributed by atoms with Crippen LogP contribution < -0.4 is 5.32 Å². The minimum Gasteiger partial charge on any atom is -0.466 e. The number of aryl methyl sites for hydroxylation is 1.